The van der Waals surface area contributed by atoms with E-state index in [4.69, 9.17) is 0 Å². The molecule has 0 aliphatic carbocycles. The number of halogens is 1. The van der Waals surface area contributed by atoms with Gasteiger partial charge in [-0.05, 0) is 43.3 Å². The number of esters is 1. The van der Waals surface area contributed by atoms with Crippen molar-refractivity contribution in [2.45, 2.75) is 18.1 Å². The van der Waals surface area contributed by atoms with Gasteiger partial charge in [0.15, 0.2) is 11.0 Å². The smallest absolute Gasteiger partial charge is 0.337 e. The molecule has 3 rings (SSSR count). The average Bonchev–Trinajstić information content (AvgIpc) is 3.18. The SMILES string of the molecule is COC(=O)c1ccc(NC(=O)CSc2nnc([C@@H](C)NC(=O)c3ccccc3F)n2C)cc1. The minimum absolute atomic E-state index is 0.0580. The fourth-order valence-corrected chi connectivity index (χ4v) is 3.67. The van der Waals surface area contributed by atoms with Crippen LogP contribution in [0.4, 0.5) is 10.1 Å². The third-order valence-corrected chi connectivity index (χ3v) is 5.66. The van der Waals surface area contributed by atoms with Crippen molar-refractivity contribution in [2.24, 2.45) is 7.05 Å². The number of hydrogen-bond acceptors (Lipinski definition) is 7. The fourth-order valence-electron chi connectivity index (χ4n) is 2.95. The van der Waals surface area contributed by atoms with Crippen LogP contribution in [0.15, 0.2) is 53.7 Å². The van der Waals surface area contributed by atoms with Gasteiger partial charge in [-0.15, -0.1) is 10.2 Å². The Morgan fingerprint density at radius 1 is 1.12 bits per heavy atom. The molecule has 9 nitrogen and oxygen atoms in total. The van der Waals surface area contributed by atoms with Gasteiger partial charge in [0, 0.05) is 12.7 Å². The van der Waals surface area contributed by atoms with Crippen LogP contribution in [-0.2, 0) is 16.6 Å². The van der Waals surface area contributed by atoms with Crippen molar-refractivity contribution in [1.29, 1.82) is 0 Å². The molecule has 0 saturated carbocycles. The van der Waals surface area contributed by atoms with Gasteiger partial charge in [0.2, 0.25) is 5.91 Å². The molecule has 33 heavy (non-hydrogen) atoms. The van der Waals surface area contributed by atoms with Crippen LogP contribution < -0.4 is 10.6 Å². The number of hydrogen-bond donors (Lipinski definition) is 2. The molecule has 0 aliphatic heterocycles. The fraction of sp³-hybridized carbons (Fsp3) is 0.227. The number of thioether (sulfide) groups is 1. The second-order valence-corrected chi connectivity index (χ2v) is 7.92. The molecule has 0 bridgehead atoms. The van der Waals surface area contributed by atoms with Gasteiger partial charge >= 0.3 is 5.97 Å². The summed E-state index contributed by atoms with van der Waals surface area (Å²) in [6, 6.07) is 11.5. The summed E-state index contributed by atoms with van der Waals surface area (Å²) in [5, 5.41) is 14.1. The molecule has 3 aromatic rings. The van der Waals surface area contributed by atoms with E-state index >= 15 is 0 Å². The topological polar surface area (TPSA) is 115 Å². The monoisotopic (exact) mass is 471 g/mol. The molecule has 1 heterocycles. The summed E-state index contributed by atoms with van der Waals surface area (Å²) in [5.74, 6) is -1.36. The van der Waals surface area contributed by atoms with E-state index in [-0.39, 0.29) is 17.2 Å². The molecule has 0 fully saturated rings. The van der Waals surface area contributed by atoms with Crippen molar-refractivity contribution < 1.29 is 23.5 Å². The Balaban J connectivity index is 1.56. The molecule has 0 spiro atoms. The first-order chi connectivity index (χ1) is 15.8. The molecule has 2 N–H and O–H groups in total. The number of anilines is 1. The number of rotatable bonds is 8. The molecule has 0 radical (unpaired) electrons. The number of carbonyl (C=O) groups excluding carboxylic acids is 3. The summed E-state index contributed by atoms with van der Waals surface area (Å²) in [6.45, 7) is 1.71. The first-order valence-corrected chi connectivity index (χ1v) is 10.8. The molecule has 0 saturated heterocycles. The van der Waals surface area contributed by atoms with Gasteiger partial charge in [0.1, 0.15) is 5.82 Å². The third-order valence-electron chi connectivity index (χ3n) is 4.64. The molecule has 0 aliphatic rings. The molecule has 2 aromatic carbocycles. The Morgan fingerprint density at radius 2 is 1.82 bits per heavy atom. The number of methoxy groups -OCH3 is 1. The second-order valence-electron chi connectivity index (χ2n) is 6.98. The lowest BCUT2D eigenvalue weighted by atomic mass is 10.2. The first-order valence-electron chi connectivity index (χ1n) is 9.86. The maximum atomic E-state index is 13.8. The summed E-state index contributed by atoms with van der Waals surface area (Å²) in [5.41, 5.74) is 0.862. The van der Waals surface area contributed by atoms with Crippen LogP contribution in [0.3, 0.4) is 0 Å². The Bertz CT molecular complexity index is 1170. The lowest BCUT2D eigenvalue weighted by Crippen LogP contribution is -2.29. The Hall–Kier alpha value is -3.73. The molecule has 2 amide bonds. The van der Waals surface area contributed by atoms with Gasteiger partial charge in [0.05, 0.1) is 30.0 Å². The highest BCUT2D eigenvalue weighted by atomic mass is 32.2. The van der Waals surface area contributed by atoms with E-state index < -0.39 is 23.7 Å². The van der Waals surface area contributed by atoms with Crippen molar-refractivity contribution in [3.63, 3.8) is 0 Å². The average molecular weight is 472 g/mol. The van der Waals surface area contributed by atoms with Crippen LogP contribution in [0, 0.1) is 5.82 Å². The van der Waals surface area contributed by atoms with E-state index in [1.165, 1.54) is 37.1 Å². The number of amides is 2. The number of benzene rings is 2. The number of aromatic nitrogens is 3. The Labute approximate surface area is 193 Å². The van der Waals surface area contributed by atoms with Crippen LogP contribution in [0.2, 0.25) is 0 Å². The van der Waals surface area contributed by atoms with E-state index in [2.05, 4.69) is 25.6 Å². The highest BCUT2D eigenvalue weighted by molar-refractivity contribution is 7.99. The normalized spacial score (nSPS) is 11.5. The zero-order valence-corrected chi connectivity index (χ0v) is 19.0. The molecule has 1 aromatic heterocycles. The lowest BCUT2D eigenvalue weighted by Gasteiger charge is -2.14. The first kappa shape index (κ1) is 23.9. The van der Waals surface area contributed by atoms with Gasteiger partial charge < -0.3 is 19.9 Å². The number of nitrogens with zero attached hydrogens (tertiary/aromatic N) is 3. The van der Waals surface area contributed by atoms with Crippen molar-refractivity contribution in [3.8, 4) is 0 Å². The van der Waals surface area contributed by atoms with Gasteiger partial charge in [-0.25, -0.2) is 9.18 Å². The summed E-state index contributed by atoms with van der Waals surface area (Å²) in [4.78, 5) is 36.1. The van der Waals surface area contributed by atoms with Crippen LogP contribution in [-0.4, -0.2) is 45.4 Å². The standard InChI is InChI=1S/C22H22FN5O4S/c1-13(24-20(30)16-6-4-5-7-17(16)23)19-26-27-22(28(19)2)33-12-18(29)25-15-10-8-14(9-11-15)21(31)32-3/h4-11,13H,12H2,1-3H3,(H,24,30)(H,25,29)/t13-/m1/s1. The second kappa shape index (κ2) is 10.7. The Morgan fingerprint density at radius 3 is 2.48 bits per heavy atom. The minimum atomic E-state index is -0.609. The number of carbonyl (C=O) groups is 3. The molecule has 0 unspecified atom stereocenters. The van der Waals surface area contributed by atoms with Crippen molar-refractivity contribution in [2.75, 3.05) is 18.2 Å². The number of ether oxygens (including phenoxy) is 1. The van der Waals surface area contributed by atoms with Gasteiger partial charge in [-0.2, -0.15) is 0 Å². The minimum Gasteiger partial charge on any atom is -0.465 e. The zero-order chi connectivity index (χ0) is 24.0. The lowest BCUT2D eigenvalue weighted by molar-refractivity contribution is -0.113. The molecular weight excluding hydrogens is 449 g/mol. The van der Waals surface area contributed by atoms with Crippen LogP contribution in [0.1, 0.15) is 39.5 Å². The van der Waals surface area contributed by atoms with Crippen LogP contribution in [0.5, 0.6) is 0 Å². The van der Waals surface area contributed by atoms with E-state index in [0.717, 1.165) is 0 Å². The predicted molar refractivity (Wildman–Crippen MR) is 120 cm³/mol. The third kappa shape index (κ3) is 5.95. The predicted octanol–water partition coefficient (Wildman–Crippen LogP) is 2.96. The summed E-state index contributed by atoms with van der Waals surface area (Å²) >= 11 is 1.17. The molecule has 11 heteroatoms. The van der Waals surface area contributed by atoms with E-state index in [9.17, 15) is 18.8 Å². The highest BCUT2D eigenvalue weighted by Gasteiger charge is 2.20. The van der Waals surface area contributed by atoms with E-state index in [1.807, 2.05) is 0 Å². The van der Waals surface area contributed by atoms with Crippen molar-refractivity contribution in [3.05, 3.63) is 71.3 Å². The summed E-state index contributed by atoms with van der Waals surface area (Å²) in [7, 11) is 3.01. The largest absolute Gasteiger partial charge is 0.465 e. The number of nitrogens with one attached hydrogen (secondary N) is 2. The van der Waals surface area contributed by atoms with E-state index in [0.29, 0.717) is 22.2 Å². The zero-order valence-electron chi connectivity index (χ0n) is 18.2. The van der Waals surface area contributed by atoms with Crippen molar-refractivity contribution >= 4 is 35.2 Å². The summed E-state index contributed by atoms with van der Waals surface area (Å²) in [6.07, 6.45) is 0. The Kier molecular flexibility index (Phi) is 7.78. The van der Waals surface area contributed by atoms with Gasteiger partial charge in [-0.1, -0.05) is 23.9 Å². The maximum absolute atomic E-state index is 13.8. The van der Waals surface area contributed by atoms with E-state index in [1.54, 1.807) is 48.9 Å². The quantitative estimate of drug-likeness (QED) is 0.383. The van der Waals surface area contributed by atoms with Crippen molar-refractivity contribution in [1.82, 2.24) is 20.1 Å². The van der Waals surface area contributed by atoms with Gasteiger partial charge in [0.25, 0.3) is 5.91 Å². The van der Waals surface area contributed by atoms with Gasteiger partial charge in [-0.3, -0.25) is 9.59 Å². The molecule has 1 atom stereocenters. The van der Waals surface area contributed by atoms with Crippen LogP contribution >= 0.6 is 11.8 Å². The van der Waals surface area contributed by atoms with Crippen LogP contribution in [0.25, 0.3) is 0 Å². The molecular formula is C22H22FN5O4S. The summed E-state index contributed by atoms with van der Waals surface area (Å²) < 4.78 is 20.1. The maximum Gasteiger partial charge on any atom is 0.337 e. The molecule has 172 valence electrons. The highest BCUT2D eigenvalue weighted by Crippen LogP contribution is 2.20.